The molecule has 14 heavy (non-hydrogen) atoms. The van der Waals surface area contributed by atoms with E-state index >= 15 is 0 Å². The van der Waals surface area contributed by atoms with Gasteiger partial charge in [0, 0.05) is 13.6 Å². The molecule has 1 fully saturated rings. The Hall–Kier alpha value is -0.660. The van der Waals surface area contributed by atoms with Gasteiger partial charge in [-0.3, -0.25) is 4.79 Å². The van der Waals surface area contributed by atoms with Gasteiger partial charge >= 0.3 is 0 Å². The highest BCUT2D eigenvalue weighted by atomic mass is 32.2. The topological polar surface area (TPSA) is 86.7 Å². The molecule has 1 aliphatic rings. The maximum absolute atomic E-state index is 11.3. The highest BCUT2D eigenvalue weighted by Gasteiger charge is 2.31. The lowest BCUT2D eigenvalue weighted by Gasteiger charge is -2.11. The summed E-state index contributed by atoms with van der Waals surface area (Å²) >= 11 is 0. The molecular weight excluding hydrogens is 208 g/mol. The summed E-state index contributed by atoms with van der Waals surface area (Å²) in [5.41, 5.74) is 0. The van der Waals surface area contributed by atoms with Crippen molar-refractivity contribution >= 4 is 15.9 Å². The Morgan fingerprint density at radius 3 is 2.71 bits per heavy atom. The van der Waals surface area contributed by atoms with Crippen molar-refractivity contribution in [1.82, 2.24) is 9.62 Å². The summed E-state index contributed by atoms with van der Waals surface area (Å²) < 4.78 is 24.7. The minimum atomic E-state index is -3.52. The van der Waals surface area contributed by atoms with Crippen molar-refractivity contribution in [3.63, 3.8) is 0 Å². The lowest BCUT2D eigenvalue weighted by Crippen LogP contribution is -2.41. The zero-order valence-electron chi connectivity index (χ0n) is 7.93. The average Bonchev–Trinajstić information content (AvgIpc) is 2.35. The number of nitrogens with zero attached hydrogens (tertiary/aromatic N) is 1. The van der Waals surface area contributed by atoms with E-state index in [1.165, 1.54) is 4.90 Å². The Morgan fingerprint density at radius 2 is 2.29 bits per heavy atom. The summed E-state index contributed by atoms with van der Waals surface area (Å²) in [5, 5.41) is 8.48. The highest BCUT2D eigenvalue weighted by Crippen LogP contribution is 2.09. The molecule has 1 saturated heterocycles. The number of carbonyl (C=O) groups excluding carboxylic acids is 1. The summed E-state index contributed by atoms with van der Waals surface area (Å²) in [5.74, 6) is -0.577. The van der Waals surface area contributed by atoms with E-state index < -0.39 is 22.7 Å². The van der Waals surface area contributed by atoms with E-state index in [-0.39, 0.29) is 11.7 Å². The first-order valence-corrected chi connectivity index (χ1v) is 5.97. The van der Waals surface area contributed by atoms with Gasteiger partial charge in [-0.05, 0) is 6.42 Å². The molecule has 0 aliphatic carbocycles. The predicted molar refractivity (Wildman–Crippen MR) is 50.1 cm³/mol. The van der Waals surface area contributed by atoms with Crippen LogP contribution in [0.15, 0.2) is 0 Å². The van der Waals surface area contributed by atoms with Crippen LogP contribution in [-0.2, 0) is 14.8 Å². The van der Waals surface area contributed by atoms with Gasteiger partial charge in [-0.2, -0.15) is 0 Å². The van der Waals surface area contributed by atoms with Crippen LogP contribution in [0.25, 0.3) is 0 Å². The van der Waals surface area contributed by atoms with Crippen molar-refractivity contribution in [2.45, 2.75) is 12.5 Å². The predicted octanol–water partition coefficient (Wildman–Crippen LogP) is -1.87. The monoisotopic (exact) mass is 222 g/mol. The number of carbonyl (C=O) groups is 1. The van der Waals surface area contributed by atoms with Crippen molar-refractivity contribution in [1.29, 1.82) is 0 Å². The van der Waals surface area contributed by atoms with E-state index in [0.29, 0.717) is 13.0 Å². The molecule has 1 atom stereocenters. The van der Waals surface area contributed by atoms with Crippen molar-refractivity contribution in [3.05, 3.63) is 0 Å². The molecule has 1 heterocycles. The molecular formula is C7H14N2O4S. The van der Waals surface area contributed by atoms with Crippen molar-refractivity contribution < 1.29 is 18.3 Å². The second kappa shape index (κ2) is 4.24. The number of likely N-dealkylation sites (N-methyl/N-ethyl adjacent to an activating group) is 1. The van der Waals surface area contributed by atoms with Crippen molar-refractivity contribution in [2.75, 3.05) is 26.0 Å². The van der Waals surface area contributed by atoms with Crippen molar-refractivity contribution in [3.8, 4) is 0 Å². The van der Waals surface area contributed by atoms with Gasteiger partial charge < -0.3 is 10.0 Å². The number of aliphatic hydroxyl groups excluding tert-OH is 1. The summed E-state index contributed by atoms with van der Waals surface area (Å²) in [6.45, 7) is 0.122. The van der Waals surface area contributed by atoms with E-state index in [4.69, 9.17) is 5.11 Å². The number of aliphatic hydroxyl groups is 1. The van der Waals surface area contributed by atoms with E-state index in [9.17, 15) is 13.2 Å². The summed E-state index contributed by atoms with van der Waals surface area (Å²) in [7, 11) is -1.89. The van der Waals surface area contributed by atoms with E-state index in [1.54, 1.807) is 7.05 Å². The van der Waals surface area contributed by atoms with Gasteiger partial charge in [0.05, 0.1) is 12.4 Å². The Morgan fingerprint density at radius 1 is 1.64 bits per heavy atom. The summed E-state index contributed by atoms with van der Waals surface area (Å²) in [4.78, 5) is 12.8. The zero-order valence-corrected chi connectivity index (χ0v) is 8.75. The maximum Gasteiger partial charge on any atom is 0.240 e. The van der Waals surface area contributed by atoms with Crippen LogP contribution in [0.2, 0.25) is 0 Å². The number of hydrogen-bond acceptors (Lipinski definition) is 4. The molecule has 2 N–H and O–H groups in total. The second-order valence-corrected chi connectivity index (χ2v) is 5.13. The first kappa shape index (κ1) is 11.4. The van der Waals surface area contributed by atoms with Crippen molar-refractivity contribution in [2.24, 2.45) is 0 Å². The molecule has 0 saturated carbocycles. The molecule has 1 unspecified atom stereocenters. The molecule has 0 bridgehead atoms. The quantitative estimate of drug-likeness (QED) is 0.583. The minimum Gasteiger partial charge on any atom is -0.395 e. The van der Waals surface area contributed by atoms with Crippen LogP contribution in [0.5, 0.6) is 0 Å². The number of likely N-dealkylation sites (tertiary alicyclic amines) is 1. The number of sulfonamides is 1. The summed E-state index contributed by atoms with van der Waals surface area (Å²) in [6, 6.07) is -0.656. The first-order valence-electron chi connectivity index (χ1n) is 4.32. The zero-order chi connectivity index (χ0) is 10.8. The number of nitrogens with one attached hydrogen (secondary N) is 1. The van der Waals surface area contributed by atoms with Gasteiger partial charge in [0.2, 0.25) is 15.9 Å². The third-order valence-electron chi connectivity index (χ3n) is 2.11. The number of rotatable bonds is 4. The largest absolute Gasteiger partial charge is 0.395 e. The van der Waals surface area contributed by atoms with E-state index in [1.807, 2.05) is 0 Å². The van der Waals surface area contributed by atoms with Gasteiger partial charge in [0.1, 0.15) is 6.04 Å². The van der Waals surface area contributed by atoms with Crippen LogP contribution in [0.3, 0.4) is 0 Å². The molecule has 6 nitrogen and oxygen atoms in total. The lowest BCUT2D eigenvalue weighted by molar-refractivity contribution is -0.127. The third-order valence-corrected chi connectivity index (χ3v) is 3.47. The van der Waals surface area contributed by atoms with E-state index in [0.717, 1.165) is 0 Å². The van der Waals surface area contributed by atoms with Gasteiger partial charge in [0.15, 0.2) is 0 Å². The normalized spacial score (nSPS) is 23.1. The van der Waals surface area contributed by atoms with Crippen LogP contribution in [0, 0.1) is 0 Å². The first-order chi connectivity index (χ1) is 6.46. The number of hydrogen-bond donors (Lipinski definition) is 2. The molecule has 0 spiro atoms. The Kier molecular flexibility index (Phi) is 3.46. The third kappa shape index (κ3) is 2.66. The molecule has 82 valence electrons. The molecule has 1 rings (SSSR count). The standard InChI is InChI=1S/C7H14N2O4S/c1-9-3-2-6(7(9)11)8-14(12,13)5-4-10/h6,8,10H,2-5H2,1H3. The Balaban J connectivity index is 2.58. The molecule has 0 radical (unpaired) electrons. The van der Waals surface area contributed by atoms with Gasteiger partial charge in [-0.25, -0.2) is 13.1 Å². The van der Waals surface area contributed by atoms with Crippen LogP contribution in [-0.4, -0.2) is 56.3 Å². The second-order valence-electron chi connectivity index (χ2n) is 3.26. The number of amides is 1. The van der Waals surface area contributed by atoms with Crippen LogP contribution in [0.4, 0.5) is 0 Å². The average molecular weight is 222 g/mol. The Bertz CT molecular complexity index is 314. The van der Waals surface area contributed by atoms with E-state index in [2.05, 4.69) is 4.72 Å². The molecule has 0 aromatic rings. The van der Waals surface area contributed by atoms with Gasteiger partial charge in [0.25, 0.3) is 0 Å². The maximum atomic E-state index is 11.3. The fourth-order valence-corrected chi connectivity index (χ4v) is 2.34. The van der Waals surface area contributed by atoms with Gasteiger partial charge in [-0.1, -0.05) is 0 Å². The smallest absolute Gasteiger partial charge is 0.240 e. The fourth-order valence-electron chi connectivity index (χ4n) is 1.33. The molecule has 1 amide bonds. The van der Waals surface area contributed by atoms with Crippen LogP contribution < -0.4 is 4.72 Å². The highest BCUT2D eigenvalue weighted by molar-refractivity contribution is 7.89. The molecule has 0 aromatic carbocycles. The Labute approximate surface area is 82.9 Å². The fraction of sp³-hybridized carbons (Fsp3) is 0.857. The molecule has 0 aromatic heterocycles. The van der Waals surface area contributed by atoms with Gasteiger partial charge in [-0.15, -0.1) is 0 Å². The van der Waals surface area contributed by atoms with Crippen LogP contribution >= 0.6 is 0 Å². The summed E-state index contributed by atoms with van der Waals surface area (Å²) in [6.07, 6.45) is 0.486. The molecule has 7 heteroatoms. The molecule has 1 aliphatic heterocycles. The minimum absolute atomic E-state index is 0.216. The lowest BCUT2D eigenvalue weighted by atomic mass is 10.3. The van der Waals surface area contributed by atoms with Crippen LogP contribution in [0.1, 0.15) is 6.42 Å². The SMILES string of the molecule is CN1CCC(NS(=O)(=O)CCO)C1=O.